The number of carbonyl (C=O) groups is 1. The summed E-state index contributed by atoms with van der Waals surface area (Å²) in [4.78, 5) is 31.1. The van der Waals surface area contributed by atoms with Gasteiger partial charge < -0.3 is 42.9 Å². The van der Waals surface area contributed by atoms with Gasteiger partial charge in [0, 0.05) is 32.6 Å². The molecule has 20 heteroatoms. The third kappa shape index (κ3) is 14.8. The highest BCUT2D eigenvalue weighted by Gasteiger charge is 2.36. The summed E-state index contributed by atoms with van der Waals surface area (Å²) in [6.45, 7) is 4.71. The Bertz CT molecular complexity index is 2170. The first kappa shape index (κ1) is 48.6. The fourth-order valence-electron chi connectivity index (χ4n) is 6.09. The Morgan fingerprint density at radius 2 is 1.79 bits per heavy atom. The number of nitrogens with one attached hydrogen (secondary N) is 1. The van der Waals surface area contributed by atoms with Gasteiger partial charge >= 0.3 is 5.69 Å². The molecular weight excluding hydrogens is 848 g/mol. The number of amides is 1. The van der Waals surface area contributed by atoms with Crippen LogP contribution in [0.1, 0.15) is 37.1 Å². The lowest BCUT2D eigenvalue weighted by Crippen LogP contribution is -2.47. The first-order valence-corrected chi connectivity index (χ1v) is 22.5. The molecule has 3 N–H and O–H groups in total. The van der Waals surface area contributed by atoms with Crippen molar-refractivity contribution in [1.29, 1.82) is 5.26 Å². The van der Waals surface area contributed by atoms with Gasteiger partial charge in [-0.05, 0) is 53.7 Å². The van der Waals surface area contributed by atoms with E-state index in [1.807, 2.05) is 72.8 Å². The molecule has 1 amide bonds. The molecule has 2 heterocycles. The van der Waals surface area contributed by atoms with Crippen molar-refractivity contribution in [3.8, 4) is 11.8 Å². The third-order valence-corrected chi connectivity index (χ3v) is 11.9. The van der Waals surface area contributed by atoms with Crippen LogP contribution in [0, 0.1) is 11.3 Å². The average Bonchev–Trinajstić information content (AvgIpc) is 3.24. The summed E-state index contributed by atoms with van der Waals surface area (Å²) in [5, 5.41) is 11.4. The van der Waals surface area contributed by atoms with Crippen molar-refractivity contribution in [2.24, 2.45) is 5.50 Å². The second kappa shape index (κ2) is 24.4. The highest BCUT2D eigenvalue weighted by Crippen LogP contribution is 2.39. The molecule has 61 heavy (non-hydrogen) atoms. The Hall–Kier alpha value is -5.03. The molecule has 4 rings (SSSR count). The number of nitrogens with zero attached hydrogens (tertiary/aromatic N) is 4. The largest absolute Gasteiger partial charge is 0.497 e. The Kier molecular flexibility index (Phi) is 19.5. The molecule has 1 aromatic heterocycles. The van der Waals surface area contributed by atoms with Crippen LogP contribution < -0.4 is 21.2 Å². The number of anilines is 1. The minimum atomic E-state index is -3.25. The maximum atomic E-state index is 13.7. The van der Waals surface area contributed by atoms with Crippen molar-refractivity contribution in [2.45, 2.75) is 37.7 Å². The molecule has 2 aromatic carbocycles. The van der Waals surface area contributed by atoms with Gasteiger partial charge in [-0.1, -0.05) is 61.2 Å². The second-order valence-electron chi connectivity index (χ2n) is 13.2. The van der Waals surface area contributed by atoms with Crippen LogP contribution in [0.5, 0.6) is 5.75 Å². The third-order valence-electron chi connectivity index (χ3n) is 9.10. The van der Waals surface area contributed by atoms with Crippen molar-refractivity contribution < 1.29 is 45.9 Å². The van der Waals surface area contributed by atoms with E-state index in [1.165, 1.54) is 19.2 Å². The number of ether oxygens (including phenoxy) is 5. The predicted octanol–water partition coefficient (Wildman–Crippen LogP) is 4.88. The minimum absolute atomic E-state index is 0.00530. The van der Waals surface area contributed by atoms with Gasteiger partial charge in [-0.2, -0.15) is 10.2 Å². The van der Waals surface area contributed by atoms with Crippen molar-refractivity contribution in [2.75, 3.05) is 70.6 Å². The van der Waals surface area contributed by atoms with Crippen molar-refractivity contribution >= 4 is 47.5 Å². The second-order valence-corrected chi connectivity index (χ2v) is 17.0. The standard InChI is InChI=1S/C41H51N6O11PS2/c1-5-11-34(52-3)14-9-20-41(32-12-7-6-8-13-32,33-15-17-35(53-4)18-16-33)55-27-26-54-38(47-22-19-37(44-31(2)48)45-39(47)49)36(30-57-59(43)56-25-10-21-42)58-40(60)46-23-28-61(50,51)29-24-46/h5-9,11-19,22,36,38H,1,10,20,23-30,43H2,2-4H3,(H,44,45,48,49)/b14-9-,34-11+/t36-,38?,41?,59?/m0/s1. The fraction of sp³-hybridized carbons (Fsp3) is 0.390. The fourth-order valence-corrected chi connectivity index (χ4v) is 8.24. The van der Waals surface area contributed by atoms with Crippen LogP contribution in [0.4, 0.5) is 5.82 Å². The van der Waals surface area contributed by atoms with Gasteiger partial charge in [-0.25, -0.2) is 13.2 Å². The summed E-state index contributed by atoms with van der Waals surface area (Å²) in [5.74, 6) is 0.539. The normalized spacial score (nSPS) is 16.4. The van der Waals surface area contributed by atoms with Crippen molar-refractivity contribution in [3.63, 3.8) is 0 Å². The number of hydrogen-bond acceptors (Lipinski definition) is 15. The van der Waals surface area contributed by atoms with Gasteiger partial charge in [0.05, 0.1) is 64.6 Å². The molecule has 1 aliphatic rings. The Morgan fingerprint density at radius 3 is 2.41 bits per heavy atom. The number of sulfone groups is 1. The van der Waals surface area contributed by atoms with Crippen LogP contribution in [-0.2, 0) is 48.2 Å². The van der Waals surface area contributed by atoms with E-state index in [4.69, 9.17) is 55.7 Å². The molecule has 0 spiro atoms. The number of nitrogens with two attached hydrogens (primary N) is 1. The van der Waals surface area contributed by atoms with Crippen LogP contribution in [0.15, 0.2) is 108 Å². The topological polar surface area (TPSA) is 216 Å². The minimum Gasteiger partial charge on any atom is -0.497 e. The molecule has 3 unspecified atom stereocenters. The van der Waals surface area contributed by atoms with E-state index in [1.54, 1.807) is 31.3 Å². The summed E-state index contributed by atoms with van der Waals surface area (Å²) < 4.78 is 67.4. The summed E-state index contributed by atoms with van der Waals surface area (Å²) in [7, 11) is -2.13. The zero-order valence-corrected chi connectivity index (χ0v) is 36.7. The number of hydrogen-bond donors (Lipinski definition) is 2. The number of methoxy groups -OCH3 is 2. The first-order chi connectivity index (χ1) is 29.3. The zero-order valence-electron chi connectivity index (χ0n) is 34.2. The molecule has 17 nitrogen and oxygen atoms in total. The first-order valence-electron chi connectivity index (χ1n) is 19.0. The number of thiocarbonyl (C=S) groups is 1. The van der Waals surface area contributed by atoms with Crippen LogP contribution >= 0.6 is 20.7 Å². The smallest absolute Gasteiger partial charge is 0.351 e. The number of aromatic nitrogens is 2. The van der Waals surface area contributed by atoms with E-state index in [9.17, 15) is 18.0 Å². The molecule has 4 atom stereocenters. The molecule has 0 radical (unpaired) electrons. The van der Waals surface area contributed by atoms with Gasteiger partial charge in [-0.3, -0.25) is 14.9 Å². The lowest BCUT2D eigenvalue weighted by Gasteiger charge is -2.36. The van der Waals surface area contributed by atoms with E-state index in [-0.39, 0.29) is 68.4 Å². The molecule has 3 aromatic rings. The highest BCUT2D eigenvalue weighted by atomic mass is 32.2. The molecule has 1 aliphatic heterocycles. The molecule has 0 aliphatic carbocycles. The number of rotatable bonds is 23. The monoisotopic (exact) mass is 898 g/mol. The summed E-state index contributed by atoms with van der Waals surface area (Å²) in [6, 6.07) is 20.5. The van der Waals surface area contributed by atoms with E-state index in [0.717, 1.165) is 15.7 Å². The molecule has 0 saturated carbocycles. The Balaban J connectivity index is 1.72. The van der Waals surface area contributed by atoms with Gasteiger partial charge in [0.2, 0.25) is 5.91 Å². The predicted molar refractivity (Wildman–Crippen MR) is 234 cm³/mol. The number of benzene rings is 2. The van der Waals surface area contributed by atoms with Gasteiger partial charge in [0.1, 0.15) is 22.9 Å². The average molecular weight is 899 g/mol. The molecule has 328 valence electrons. The van der Waals surface area contributed by atoms with Gasteiger partial charge in [-0.15, -0.1) is 0 Å². The van der Waals surface area contributed by atoms with Crippen molar-refractivity contribution in [3.05, 3.63) is 125 Å². The van der Waals surface area contributed by atoms with Crippen LogP contribution in [0.25, 0.3) is 0 Å². The highest BCUT2D eigenvalue weighted by molar-refractivity contribution is 7.91. The lowest BCUT2D eigenvalue weighted by molar-refractivity contribution is -0.120. The maximum absolute atomic E-state index is 13.7. The van der Waals surface area contributed by atoms with Crippen LogP contribution in [0.3, 0.4) is 0 Å². The van der Waals surface area contributed by atoms with E-state index in [0.29, 0.717) is 17.9 Å². The maximum Gasteiger partial charge on any atom is 0.351 e. The Labute approximate surface area is 362 Å². The summed E-state index contributed by atoms with van der Waals surface area (Å²) in [5.41, 5.74) is 5.85. The van der Waals surface area contributed by atoms with Crippen LogP contribution in [0.2, 0.25) is 0 Å². The SMILES string of the molecule is C=C/C=C(\C=C/CC(OCCOC([C@H](COP(N)OCCC#N)OC(=S)N1CCS(=O)(=O)CC1)n1ccc(NC(C)=O)nc1=O)(c1ccccc1)c1ccc(OC)cc1)OC. The van der Waals surface area contributed by atoms with Gasteiger partial charge in [0.15, 0.2) is 22.2 Å². The number of carbonyl (C=O) groups excluding carboxylic acids is 1. The lowest BCUT2D eigenvalue weighted by atomic mass is 9.83. The summed E-state index contributed by atoms with van der Waals surface area (Å²) in [6.07, 6.45) is 6.36. The quantitative estimate of drug-likeness (QED) is 0.0426. The van der Waals surface area contributed by atoms with Gasteiger partial charge in [0.25, 0.3) is 13.7 Å². The van der Waals surface area contributed by atoms with Crippen LogP contribution in [-0.4, -0.2) is 105 Å². The van der Waals surface area contributed by atoms with E-state index < -0.39 is 47.9 Å². The van der Waals surface area contributed by atoms with E-state index in [2.05, 4.69) is 16.9 Å². The van der Waals surface area contributed by atoms with E-state index >= 15 is 0 Å². The molecule has 1 fully saturated rings. The molecule has 1 saturated heterocycles. The Morgan fingerprint density at radius 1 is 1.08 bits per heavy atom. The summed E-state index contributed by atoms with van der Waals surface area (Å²) >= 11 is 5.65. The zero-order chi connectivity index (χ0) is 44.3. The molecular formula is C41H51N6O11PS2. The number of allylic oxidation sites excluding steroid dienone is 3. The molecule has 0 bridgehead atoms. The van der Waals surface area contributed by atoms with Crippen molar-refractivity contribution in [1.82, 2.24) is 14.5 Å². The number of nitriles is 1.